The van der Waals surface area contributed by atoms with Crippen molar-refractivity contribution < 1.29 is 4.79 Å². The molecule has 4 heteroatoms. The van der Waals surface area contributed by atoms with E-state index in [4.69, 9.17) is 0 Å². The summed E-state index contributed by atoms with van der Waals surface area (Å²) in [5.41, 5.74) is 1.99. The number of carbonyl (C=O) groups is 1. The maximum atomic E-state index is 12.2. The molecule has 0 aromatic carbocycles. The first-order chi connectivity index (χ1) is 9.06. The monoisotopic (exact) mass is 261 g/mol. The van der Waals surface area contributed by atoms with E-state index in [-0.39, 0.29) is 5.91 Å². The molecule has 1 aromatic heterocycles. The third-order valence-corrected chi connectivity index (χ3v) is 3.70. The minimum atomic E-state index is 0.194. The second-order valence-electron chi connectivity index (χ2n) is 5.51. The number of nitrogens with zero attached hydrogens (tertiary/aromatic N) is 3. The van der Waals surface area contributed by atoms with Gasteiger partial charge in [0, 0.05) is 44.1 Å². The summed E-state index contributed by atoms with van der Waals surface area (Å²) < 4.78 is 0. The van der Waals surface area contributed by atoms with Crippen molar-refractivity contribution in [3.05, 3.63) is 29.6 Å². The maximum absolute atomic E-state index is 12.2. The minimum absolute atomic E-state index is 0.194. The zero-order valence-corrected chi connectivity index (χ0v) is 12.1. The molecule has 0 spiro atoms. The van der Waals surface area contributed by atoms with Gasteiger partial charge >= 0.3 is 0 Å². The van der Waals surface area contributed by atoms with Crippen LogP contribution in [0.2, 0.25) is 0 Å². The molecule has 1 aliphatic heterocycles. The van der Waals surface area contributed by atoms with E-state index in [9.17, 15) is 4.79 Å². The van der Waals surface area contributed by atoms with Crippen molar-refractivity contribution in [3.63, 3.8) is 0 Å². The Balaban J connectivity index is 1.86. The maximum Gasteiger partial charge on any atom is 0.228 e. The van der Waals surface area contributed by atoms with Gasteiger partial charge in [-0.05, 0) is 32.4 Å². The van der Waals surface area contributed by atoms with Crippen LogP contribution in [0, 0.1) is 6.92 Å². The van der Waals surface area contributed by atoms with Gasteiger partial charge in [-0.3, -0.25) is 14.7 Å². The number of aromatic nitrogens is 1. The highest BCUT2D eigenvalue weighted by Gasteiger charge is 2.22. The molecule has 1 aromatic rings. The molecule has 0 N–H and O–H groups in total. The van der Waals surface area contributed by atoms with E-state index >= 15 is 0 Å². The quantitative estimate of drug-likeness (QED) is 0.827. The summed E-state index contributed by atoms with van der Waals surface area (Å²) in [5.74, 6) is 0.194. The van der Waals surface area contributed by atoms with Crippen LogP contribution in [-0.4, -0.2) is 52.9 Å². The highest BCUT2D eigenvalue weighted by Crippen LogP contribution is 2.08. The molecule has 1 aliphatic rings. The lowest BCUT2D eigenvalue weighted by molar-refractivity contribution is -0.132. The summed E-state index contributed by atoms with van der Waals surface area (Å²) in [6.45, 7) is 10.0. The van der Waals surface area contributed by atoms with E-state index in [1.807, 2.05) is 30.2 Å². The van der Waals surface area contributed by atoms with Gasteiger partial charge in [0.15, 0.2) is 0 Å². The lowest BCUT2D eigenvalue weighted by Gasteiger charge is -2.36. The highest BCUT2D eigenvalue weighted by atomic mass is 16.2. The predicted octanol–water partition coefficient (Wildman–Crippen LogP) is 1.49. The molecule has 0 aliphatic carbocycles. The first-order valence-electron chi connectivity index (χ1n) is 6.99. The smallest absolute Gasteiger partial charge is 0.228 e. The summed E-state index contributed by atoms with van der Waals surface area (Å²) in [5, 5.41) is 0. The molecule has 2 heterocycles. The second kappa shape index (κ2) is 6.15. The van der Waals surface area contributed by atoms with Crippen molar-refractivity contribution in [2.45, 2.75) is 33.2 Å². The van der Waals surface area contributed by atoms with Gasteiger partial charge in [-0.2, -0.15) is 0 Å². The molecule has 0 bridgehead atoms. The number of carbonyl (C=O) groups excluding carboxylic acids is 1. The third-order valence-electron chi connectivity index (χ3n) is 3.70. The van der Waals surface area contributed by atoms with E-state index < -0.39 is 0 Å². The first-order valence-corrected chi connectivity index (χ1v) is 6.99. The van der Waals surface area contributed by atoms with Crippen LogP contribution in [0.4, 0.5) is 0 Å². The Hall–Kier alpha value is -1.42. The number of pyridine rings is 1. The van der Waals surface area contributed by atoms with Gasteiger partial charge in [0.2, 0.25) is 5.91 Å². The van der Waals surface area contributed by atoms with Gasteiger partial charge in [0.25, 0.3) is 0 Å². The summed E-state index contributed by atoms with van der Waals surface area (Å²) in [6, 6.07) is 4.51. The van der Waals surface area contributed by atoms with Crippen molar-refractivity contribution in [2.24, 2.45) is 0 Å². The average Bonchev–Trinajstić information content (AvgIpc) is 2.41. The van der Waals surface area contributed by atoms with Gasteiger partial charge in [0.1, 0.15) is 0 Å². The molecule has 1 amide bonds. The van der Waals surface area contributed by atoms with Gasteiger partial charge in [-0.25, -0.2) is 0 Å². The summed E-state index contributed by atoms with van der Waals surface area (Å²) in [4.78, 5) is 20.9. The molecule has 1 saturated heterocycles. The Morgan fingerprint density at radius 3 is 2.47 bits per heavy atom. The third kappa shape index (κ3) is 3.77. The van der Waals surface area contributed by atoms with Crippen molar-refractivity contribution in [1.82, 2.24) is 14.8 Å². The molecular weight excluding hydrogens is 238 g/mol. The van der Waals surface area contributed by atoms with E-state index in [0.717, 1.165) is 37.4 Å². The van der Waals surface area contributed by atoms with E-state index in [2.05, 4.69) is 23.7 Å². The van der Waals surface area contributed by atoms with Crippen molar-refractivity contribution in [2.75, 3.05) is 26.2 Å². The highest BCUT2D eigenvalue weighted by molar-refractivity contribution is 5.78. The lowest BCUT2D eigenvalue weighted by atomic mass is 10.2. The lowest BCUT2D eigenvalue weighted by Crippen LogP contribution is -2.51. The fraction of sp³-hybridized carbons (Fsp3) is 0.600. The summed E-state index contributed by atoms with van der Waals surface area (Å²) in [7, 11) is 0. The van der Waals surface area contributed by atoms with Crippen LogP contribution in [-0.2, 0) is 11.2 Å². The van der Waals surface area contributed by atoms with Crippen LogP contribution in [0.3, 0.4) is 0 Å². The minimum Gasteiger partial charge on any atom is -0.340 e. The predicted molar refractivity (Wildman–Crippen MR) is 76.0 cm³/mol. The molecule has 2 rings (SSSR count). The standard InChI is InChI=1S/C15H23N3O/c1-12(2)17-6-8-18(9-7-17)15(19)10-14-5-4-13(3)11-16-14/h4-5,11-12H,6-10H2,1-3H3. The van der Waals surface area contributed by atoms with Gasteiger partial charge in [0.05, 0.1) is 6.42 Å². The van der Waals surface area contributed by atoms with Gasteiger partial charge in [-0.1, -0.05) is 6.07 Å². The SMILES string of the molecule is Cc1ccc(CC(=O)N2CCN(C(C)C)CC2)nc1. The average molecular weight is 261 g/mol. The number of piperazine rings is 1. The molecule has 19 heavy (non-hydrogen) atoms. The first kappa shape index (κ1) is 14.0. The zero-order valence-electron chi connectivity index (χ0n) is 12.1. The molecule has 0 unspecified atom stereocenters. The molecule has 1 fully saturated rings. The molecule has 0 saturated carbocycles. The van der Waals surface area contributed by atoms with Gasteiger partial charge in [-0.15, -0.1) is 0 Å². The Morgan fingerprint density at radius 1 is 1.26 bits per heavy atom. The van der Waals surface area contributed by atoms with Crippen LogP contribution in [0.15, 0.2) is 18.3 Å². The van der Waals surface area contributed by atoms with E-state index in [1.165, 1.54) is 0 Å². The van der Waals surface area contributed by atoms with Crippen molar-refractivity contribution in [1.29, 1.82) is 0 Å². The Bertz CT molecular complexity index is 420. The Kier molecular flexibility index (Phi) is 4.53. The van der Waals surface area contributed by atoms with E-state index in [1.54, 1.807) is 0 Å². The fourth-order valence-corrected chi connectivity index (χ4v) is 2.36. The molecular formula is C15H23N3O. The number of rotatable bonds is 3. The molecule has 4 nitrogen and oxygen atoms in total. The van der Waals surface area contributed by atoms with Crippen molar-refractivity contribution in [3.8, 4) is 0 Å². The van der Waals surface area contributed by atoms with E-state index in [0.29, 0.717) is 12.5 Å². The number of hydrogen-bond acceptors (Lipinski definition) is 3. The molecule has 104 valence electrons. The number of aryl methyl sites for hydroxylation is 1. The fourth-order valence-electron chi connectivity index (χ4n) is 2.36. The Morgan fingerprint density at radius 2 is 1.95 bits per heavy atom. The second-order valence-corrected chi connectivity index (χ2v) is 5.51. The van der Waals surface area contributed by atoms with Crippen LogP contribution >= 0.6 is 0 Å². The van der Waals surface area contributed by atoms with Gasteiger partial charge < -0.3 is 4.90 Å². The summed E-state index contributed by atoms with van der Waals surface area (Å²) >= 11 is 0. The normalized spacial score (nSPS) is 16.9. The van der Waals surface area contributed by atoms with Crippen LogP contribution in [0.25, 0.3) is 0 Å². The zero-order chi connectivity index (χ0) is 13.8. The summed E-state index contributed by atoms with van der Waals surface area (Å²) in [6.07, 6.45) is 2.24. The topological polar surface area (TPSA) is 36.4 Å². The van der Waals surface area contributed by atoms with Crippen LogP contribution in [0.1, 0.15) is 25.1 Å². The largest absolute Gasteiger partial charge is 0.340 e. The molecule has 0 radical (unpaired) electrons. The Labute approximate surface area is 115 Å². The molecule has 0 atom stereocenters. The van der Waals surface area contributed by atoms with Crippen LogP contribution in [0.5, 0.6) is 0 Å². The number of amides is 1. The number of hydrogen-bond donors (Lipinski definition) is 0. The van der Waals surface area contributed by atoms with Crippen molar-refractivity contribution >= 4 is 5.91 Å². The van der Waals surface area contributed by atoms with Crippen LogP contribution < -0.4 is 0 Å².